The molecule has 1 aromatic rings. The Bertz CT molecular complexity index is 469. The second-order valence-corrected chi connectivity index (χ2v) is 4.46. The van der Waals surface area contributed by atoms with E-state index in [9.17, 15) is 9.59 Å². The largest absolute Gasteiger partial charge is 0.466 e. The fraction of sp³-hybridized carbons (Fsp3) is 0.333. The van der Waals surface area contributed by atoms with Crippen molar-refractivity contribution in [1.29, 1.82) is 0 Å². The number of carbonyl (C=O) groups excluding carboxylic acids is 2. The number of rotatable bonds is 5. The molecule has 0 spiro atoms. The number of amides is 1. The smallest absolute Gasteiger partial charge is 0.307 e. The summed E-state index contributed by atoms with van der Waals surface area (Å²) in [5.74, 6) is -0.744. The van der Waals surface area contributed by atoms with Gasteiger partial charge in [0.05, 0.1) is 28.8 Å². The predicted octanol–water partition coefficient (Wildman–Crippen LogP) is 2.26. The van der Waals surface area contributed by atoms with Crippen LogP contribution < -0.4 is 11.1 Å². The summed E-state index contributed by atoms with van der Waals surface area (Å²) < 4.78 is 4.73. The first-order chi connectivity index (χ1) is 8.95. The molecule has 0 unspecified atom stereocenters. The number of hydrogen-bond donors (Lipinski definition) is 2. The number of hydrogen-bond acceptors (Lipinski definition) is 4. The van der Waals surface area contributed by atoms with Crippen molar-refractivity contribution < 1.29 is 14.3 Å². The van der Waals surface area contributed by atoms with Crippen LogP contribution in [0.5, 0.6) is 0 Å². The molecule has 0 saturated carbocycles. The van der Waals surface area contributed by atoms with Gasteiger partial charge in [0.25, 0.3) is 5.91 Å². The lowest BCUT2D eigenvalue weighted by Crippen LogP contribution is -2.26. The zero-order valence-corrected chi connectivity index (χ0v) is 11.8. The number of benzene rings is 1. The Kier molecular flexibility index (Phi) is 5.92. The highest BCUT2D eigenvalue weighted by Crippen LogP contribution is 2.29. The highest BCUT2D eigenvalue weighted by molar-refractivity contribution is 6.43. The average Bonchev–Trinajstić information content (AvgIpc) is 2.35. The number of ether oxygens (including phenoxy) is 1. The number of nitrogens with one attached hydrogen (secondary N) is 1. The van der Waals surface area contributed by atoms with E-state index in [-0.39, 0.29) is 46.1 Å². The van der Waals surface area contributed by atoms with Gasteiger partial charge in [0, 0.05) is 12.1 Å². The van der Waals surface area contributed by atoms with Gasteiger partial charge in [0.2, 0.25) is 0 Å². The van der Waals surface area contributed by atoms with E-state index in [2.05, 4.69) is 5.32 Å². The van der Waals surface area contributed by atoms with Crippen molar-refractivity contribution in [3.63, 3.8) is 0 Å². The van der Waals surface area contributed by atoms with Crippen LogP contribution in [0, 0.1) is 0 Å². The number of carbonyl (C=O) groups is 2. The van der Waals surface area contributed by atoms with E-state index < -0.39 is 0 Å². The summed E-state index contributed by atoms with van der Waals surface area (Å²) in [6, 6.07) is 2.84. The highest BCUT2D eigenvalue weighted by Gasteiger charge is 2.11. The summed E-state index contributed by atoms with van der Waals surface area (Å²) in [4.78, 5) is 22.9. The molecule has 0 aliphatic rings. The average molecular weight is 305 g/mol. The number of nitrogens with two attached hydrogens (primary N) is 1. The molecule has 104 valence electrons. The zero-order valence-electron chi connectivity index (χ0n) is 10.3. The molecule has 0 atom stereocenters. The van der Waals surface area contributed by atoms with Gasteiger partial charge in [-0.25, -0.2) is 0 Å². The van der Waals surface area contributed by atoms with Gasteiger partial charge in [-0.1, -0.05) is 23.2 Å². The molecule has 3 N–H and O–H groups in total. The van der Waals surface area contributed by atoms with E-state index in [1.54, 1.807) is 6.92 Å². The maximum atomic E-state index is 11.8. The summed E-state index contributed by atoms with van der Waals surface area (Å²) in [5.41, 5.74) is 6.12. The van der Waals surface area contributed by atoms with Crippen LogP contribution in [0.3, 0.4) is 0 Å². The molecule has 0 aliphatic heterocycles. The molecule has 0 aliphatic carbocycles. The van der Waals surface area contributed by atoms with Crippen molar-refractivity contribution in [1.82, 2.24) is 5.32 Å². The zero-order chi connectivity index (χ0) is 14.4. The maximum Gasteiger partial charge on any atom is 0.307 e. The molecule has 1 aromatic carbocycles. The molecular formula is C12H14Cl2N2O3. The number of esters is 1. The topological polar surface area (TPSA) is 81.4 Å². The van der Waals surface area contributed by atoms with Crippen LogP contribution in [0.2, 0.25) is 10.0 Å². The van der Waals surface area contributed by atoms with Crippen LogP contribution in [-0.4, -0.2) is 25.0 Å². The van der Waals surface area contributed by atoms with Gasteiger partial charge in [-0.2, -0.15) is 0 Å². The first kappa shape index (κ1) is 15.6. The maximum absolute atomic E-state index is 11.8. The predicted molar refractivity (Wildman–Crippen MR) is 74.5 cm³/mol. The lowest BCUT2D eigenvalue weighted by Gasteiger charge is -2.07. The second-order valence-electron chi connectivity index (χ2n) is 3.67. The minimum absolute atomic E-state index is 0.108. The van der Waals surface area contributed by atoms with E-state index in [0.29, 0.717) is 6.61 Å². The summed E-state index contributed by atoms with van der Waals surface area (Å²) in [6.45, 7) is 2.21. The van der Waals surface area contributed by atoms with Crippen molar-refractivity contribution in [2.24, 2.45) is 0 Å². The molecular weight excluding hydrogens is 291 g/mol. The molecule has 0 aromatic heterocycles. The summed E-state index contributed by atoms with van der Waals surface area (Å²) in [5, 5.41) is 2.98. The van der Waals surface area contributed by atoms with E-state index in [1.807, 2.05) is 0 Å². The first-order valence-corrected chi connectivity index (χ1v) is 6.39. The summed E-state index contributed by atoms with van der Waals surface area (Å²) in [6.07, 6.45) is 0.108. The summed E-state index contributed by atoms with van der Waals surface area (Å²) in [7, 11) is 0. The number of anilines is 1. The van der Waals surface area contributed by atoms with Crippen LogP contribution >= 0.6 is 23.2 Å². The van der Waals surface area contributed by atoms with Crippen molar-refractivity contribution in [3.8, 4) is 0 Å². The van der Waals surface area contributed by atoms with Crippen LogP contribution in [0.15, 0.2) is 12.1 Å². The fourth-order valence-corrected chi connectivity index (χ4v) is 1.69. The third-order valence-corrected chi connectivity index (χ3v) is 3.06. The van der Waals surface area contributed by atoms with Gasteiger partial charge in [0.15, 0.2) is 0 Å². The van der Waals surface area contributed by atoms with E-state index in [4.69, 9.17) is 33.7 Å². The Balaban J connectivity index is 2.57. The normalized spacial score (nSPS) is 10.1. The van der Waals surface area contributed by atoms with Gasteiger partial charge in [0.1, 0.15) is 0 Å². The molecule has 0 heterocycles. The minimum atomic E-state index is -0.380. The van der Waals surface area contributed by atoms with E-state index >= 15 is 0 Å². The van der Waals surface area contributed by atoms with Crippen molar-refractivity contribution in [2.75, 3.05) is 18.9 Å². The lowest BCUT2D eigenvalue weighted by molar-refractivity contribution is -0.142. The van der Waals surface area contributed by atoms with Gasteiger partial charge in [-0.3, -0.25) is 9.59 Å². The Morgan fingerprint density at radius 3 is 2.63 bits per heavy atom. The molecule has 1 amide bonds. The van der Waals surface area contributed by atoms with Gasteiger partial charge in [-0.15, -0.1) is 0 Å². The van der Waals surface area contributed by atoms with E-state index in [0.717, 1.165) is 0 Å². The molecule has 1 rings (SSSR count). The Morgan fingerprint density at radius 2 is 2.05 bits per heavy atom. The van der Waals surface area contributed by atoms with Gasteiger partial charge >= 0.3 is 5.97 Å². The van der Waals surface area contributed by atoms with Crippen LogP contribution in [0.1, 0.15) is 23.7 Å². The molecule has 7 heteroatoms. The summed E-state index contributed by atoms with van der Waals surface area (Å²) >= 11 is 11.6. The monoisotopic (exact) mass is 304 g/mol. The lowest BCUT2D eigenvalue weighted by atomic mass is 10.2. The van der Waals surface area contributed by atoms with E-state index in [1.165, 1.54) is 12.1 Å². The Morgan fingerprint density at radius 1 is 1.37 bits per heavy atom. The molecule has 5 nitrogen and oxygen atoms in total. The van der Waals surface area contributed by atoms with Gasteiger partial charge in [-0.05, 0) is 19.1 Å². The Labute approximate surface area is 121 Å². The molecule has 0 radical (unpaired) electrons. The molecule has 0 bridgehead atoms. The standard InChI is InChI=1S/C12H14Cl2N2O3/c1-2-19-10(17)3-4-16-12(18)7-5-8(13)11(14)9(15)6-7/h5-6H,2-4,15H2,1H3,(H,16,18). The third-order valence-electron chi connectivity index (χ3n) is 2.24. The van der Waals surface area contributed by atoms with Gasteiger partial charge < -0.3 is 15.8 Å². The number of nitrogen functional groups attached to an aromatic ring is 1. The van der Waals surface area contributed by atoms with Crippen molar-refractivity contribution >= 4 is 40.8 Å². The van der Waals surface area contributed by atoms with Crippen LogP contribution in [0.4, 0.5) is 5.69 Å². The minimum Gasteiger partial charge on any atom is -0.466 e. The Hall–Kier alpha value is -1.46. The fourth-order valence-electron chi connectivity index (χ4n) is 1.35. The quantitative estimate of drug-likeness (QED) is 0.646. The third kappa shape index (κ3) is 4.61. The molecule has 0 saturated heterocycles. The van der Waals surface area contributed by atoms with Crippen molar-refractivity contribution in [3.05, 3.63) is 27.7 Å². The van der Waals surface area contributed by atoms with Crippen LogP contribution in [-0.2, 0) is 9.53 Å². The first-order valence-electron chi connectivity index (χ1n) is 5.64. The molecule has 0 fully saturated rings. The highest BCUT2D eigenvalue weighted by atomic mass is 35.5. The second kappa shape index (κ2) is 7.21. The van der Waals surface area contributed by atoms with Crippen molar-refractivity contribution in [2.45, 2.75) is 13.3 Å². The molecule has 19 heavy (non-hydrogen) atoms. The number of halogens is 2. The SMILES string of the molecule is CCOC(=O)CCNC(=O)c1cc(N)c(Cl)c(Cl)c1. The van der Waals surface area contributed by atoms with Crippen LogP contribution in [0.25, 0.3) is 0 Å².